The van der Waals surface area contributed by atoms with Gasteiger partial charge in [-0.1, -0.05) is 26.2 Å². The highest BCUT2D eigenvalue weighted by Crippen LogP contribution is 2.57. The molecule has 0 saturated carbocycles. The van der Waals surface area contributed by atoms with Crippen molar-refractivity contribution >= 4 is 15.6 Å². The summed E-state index contributed by atoms with van der Waals surface area (Å²) in [5.74, 6) is 0. The van der Waals surface area contributed by atoms with Crippen molar-refractivity contribution in [2.75, 3.05) is 13.2 Å². The normalized spacial score (nSPS) is 25.4. The maximum Gasteiger partial charge on any atom is 0.481 e. The maximum absolute atomic E-state index is 11.1. The first-order valence-electron chi connectivity index (χ1n) is 6.56. The summed E-state index contributed by atoms with van der Waals surface area (Å²) < 4.78 is 35.0. The minimum atomic E-state index is -5.02. The molecule has 0 aromatic carbocycles. The first-order valence-corrected chi connectivity index (χ1v) is 9.59. The lowest BCUT2D eigenvalue weighted by Gasteiger charge is -2.12. The molecule has 120 valence electrons. The summed E-state index contributed by atoms with van der Waals surface area (Å²) in [6.45, 7) is 2.85. The lowest BCUT2D eigenvalue weighted by atomic mass is 9.99. The Balaban J connectivity index is 2.01. The van der Waals surface area contributed by atoms with E-state index >= 15 is 0 Å². The van der Waals surface area contributed by atoms with Crippen molar-refractivity contribution in [1.29, 1.82) is 0 Å². The predicted molar refractivity (Wildman–Crippen MR) is 71.0 cm³/mol. The van der Waals surface area contributed by atoms with Crippen LogP contribution in [0.25, 0.3) is 0 Å². The summed E-state index contributed by atoms with van der Waals surface area (Å²) in [7, 11) is -9.69. The number of rotatable bonds is 11. The molecule has 20 heavy (non-hydrogen) atoms. The molecular weight excluding hydrogens is 310 g/mol. The van der Waals surface area contributed by atoms with E-state index in [9.17, 15) is 9.13 Å². The zero-order valence-electron chi connectivity index (χ0n) is 11.4. The van der Waals surface area contributed by atoms with Gasteiger partial charge in [0.2, 0.25) is 0 Å². The minimum Gasteiger partial charge on any atom is -0.370 e. The molecule has 2 atom stereocenters. The van der Waals surface area contributed by atoms with Gasteiger partial charge in [-0.05, 0) is 19.3 Å². The lowest BCUT2D eigenvalue weighted by molar-refractivity contribution is 0.175. The van der Waals surface area contributed by atoms with Crippen LogP contribution in [0.4, 0.5) is 0 Å². The van der Waals surface area contributed by atoms with Gasteiger partial charge in [-0.2, -0.15) is 4.31 Å². The van der Waals surface area contributed by atoms with Crippen LogP contribution >= 0.6 is 15.6 Å². The Morgan fingerprint density at radius 3 is 2.25 bits per heavy atom. The van der Waals surface area contributed by atoms with Crippen LogP contribution in [0, 0.1) is 0 Å². The van der Waals surface area contributed by atoms with E-state index in [1.165, 1.54) is 0 Å². The summed E-state index contributed by atoms with van der Waals surface area (Å²) >= 11 is 0. The number of epoxide rings is 1. The molecule has 10 heteroatoms. The van der Waals surface area contributed by atoms with E-state index in [1.54, 1.807) is 0 Å². The number of phosphoric ester groups is 1. The quantitative estimate of drug-likeness (QED) is 0.299. The topological polar surface area (TPSA) is 126 Å². The number of hydrogen-bond donors (Lipinski definition) is 3. The van der Waals surface area contributed by atoms with Crippen molar-refractivity contribution in [2.45, 2.75) is 51.0 Å². The van der Waals surface area contributed by atoms with E-state index in [-0.39, 0.29) is 12.2 Å². The molecule has 0 aromatic rings. The van der Waals surface area contributed by atoms with Crippen LogP contribution in [-0.2, 0) is 22.7 Å². The van der Waals surface area contributed by atoms with Crippen molar-refractivity contribution in [3.8, 4) is 0 Å². The van der Waals surface area contributed by atoms with E-state index in [0.717, 1.165) is 38.7 Å². The van der Waals surface area contributed by atoms with E-state index in [2.05, 4.69) is 15.8 Å². The number of ether oxygens (including phenoxy) is 1. The SMILES string of the molecule is CCC1(CCCCCCOP(=O)(O)OP(=O)(O)O)CO1. The lowest BCUT2D eigenvalue weighted by Crippen LogP contribution is -2.08. The molecule has 1 heterocycles. The average molecular weight is 332 g/mol. The van der Waals surface area contributed by atoms with Gasteiger partial charge >= 0.3 is 15.6 Å². The van der Waals surface area contributed by atoms with E-state index < -0.39 is 15.6 Å². The van der Waals surface area contributed by atoms with Gasteiger partial charge < -0.3 is 19.4 Å². The fraction of sp³-hybridized carbons (Fsp3) is 1.00. The van der Waals surface area contributed by atoms with Gasteiger partial charge in [0.05, 0.1) is 18.8 Å². The van der Waals surface area contributed by atoms with Crippen LogP contribution in [0.5, 0.6) is 0 Å². The average Bonchev–Trinajstić information content (AvgIpc) is 3.05. The van der Waals surface area contributed by atoms with Crippen molar-refractivity contribution in [2.24, 2.45) is 0 Å². The van der Waals surface area contributed by atoms with Crippen molar-refractivity contribution in [1.82, 2.24) is 0 Å². The molecule has 1 aliphatic rings. The minimum absolute atomic E-state index is 0.0802. The Morgan fingerprint density at radius 2 is 1.75 bits per heavy atom. The smallest absolute Gasteiger partial charge is 0.370 e. The first kappa shape index (κ1) is 18.3. The van der Waals surface area contributed by atoms with Crippen LogP contribution in [0.1, 0.15) is 45.4 Å². The number of phosphoric acid groups is 2. The molecular formula is C10H22O8P2. The Labute approximate surface area is 118 Å². The molecule has 1 aliphatic heterocycles. The zero-order chi connectivity index (χ0) is 15.3. The maximum atomic E-state index is 11.1. The highest BCUT2D eigenvalue weighted by Gasteiger charge is 2.41. The molecule has 8 nitrogen and oxygen atoms in total. The molecule has 1 rings (SSSR count). The van der Waals surface area contributed by atoms with Gasteiger partial charge in [0.15, 0.2) is 0 Å². The van der Waals surface area contributed by atoms with Crippen LogP contribution in [-0.4, -0.2) is 33.5 Å². The molecule has 1 fully saturated rings. The second-order valence-corrected chi connectivity index (χ2v) is 7.69. The second kappa shape index (κ2) is 7.47. The number of hydrogen-bond acceptors (Lipinski definition) is 5. The molecule has 0 radical (unpaired) electrons. The Morgan fingerprint density at radius 1 is 1.15 bits per heavy atom. The number of unbranched alkanes of at least 4 members (excludes halogenated alkanes) is 3. The Kier molecular flexibility index (Phi) is 6.83. The van der Waals surface area contributed by atoms with Crippen molar-refractivity contribution in [3.63, 3.8) is 0 Å². The fourth-order valence-corrected chi connectivity index (χ4v) is 3.49. The Bertz CT molecular complexity index is 389. The van der Waals surface area contributed by atoms with Gasteiger partial charge in [0.1, 0.15) is 0 Å². The summed E-state index contributed by atoms with van der Waals surface area (Å²) in [6, 6.07) is 0. The van der Waals surface area contributed by atoms with Crippen LogP contribution in [0.15, 0.2) is 0 Å². The zero-order valence-corrected chi connectivity index (χ0v) is 13.2. The summed E-state index contributed by atoms with van der Waals surface area (Å²) in [4.78, 5) is 25.8. The van der Waals surface area contributed by atoms with Crippen LogP contribution in [0.3, 0.4) is 0 Å². The van der Waals surface area contributed by atoms with Crippen LogP contribution in [0.2, 0.25) is 0 Å². The molecule has 1 saturated heterocycles. The molecule has 0 amide bonds. The second-order valence-electron chi connectivity index (χ2n) is 4.86. The fourth-order valence-electron chi connectivity index (χ4n) is 1.87. The summed E-state index contributed by atoms with van der Waals surface area (Å²) in [5.41, 5.74) is 0.0918. The van der Waals surface area contributed by atoms with E-state index in [4.69, 9.17) is 19.4 Å². The van der Waals surface area contributed by atoms with E-state index in [0.29, 0.717) is 6.42 Å². The van der Waals surface area contributed by atoms with E-state index in [1.807, 2.05) is 0 Å². The van der Waals surface area contributed by atoms with Crippen LogP contribution < -0.4 is 0 Å². The van der Waals surface area contributed by atoms with Crippen molar-refractivity contribution in [3.05, 3.63) is 0 Å². The van der Waals surface area contributed by atoms with Gasteiger partial charge in [-0.25, -0.2) is 9.13 Å². The molecule has 0 bridgehead atoms. The standard InChI is InChI=1S/C10H22O8P2/c1-2-10(9-16-10)7-5-3-4-6-8-17-20(14,15)18-19(11,12)13/h2-9H2,1H3,(H,14,15)(H2,11,12,13). The molecule has 3 N–H and O–H groups in total. The van der Waals surface area contributed by atoms with Crippen molar-refractivity contribution < 1.29 is 37.4 Å². The monoisotopic (exact) mass is 332 g/mol. The summed E-state index contributed by atoms with van der Waals surface area (Å²) in [5, 5.41) is 0. The molecule has 2 unspecified atom stereocenters. The molecule has 0 aliphatic carbocycles. The third kappa shape index (κ3) is 7.86. The molecule has 0 aromatic heterocycles. The van der Waals surface area contributed by atoms with Gasteiger partial charge in [0, 0.05) is 0 Å². The first-order chi connectivity index (χ1) is 9.18. The van der Waals surface area contributed by atoms with Gasteiger partial charge in [0.25, 0.3) is 0 Å². The van der Waals surface area contributed by atoms with Gasteiger partial charge in [-0.15, -0.1) is 0 Å². The molecule has 0 spiro atoms. The highest BCUT2D eigenvalue weighted by molar-refractivity contribution is 7.60. The Hall–Kier alpha value is 0.220. The highest BCUT2D eigenvalue weighted by atomic mass is 31.3. The third-order valence-corrected chi connectivity index (χ3v) is 5.37. The third-order valence-electron chi connectivity index (χ3n) is 3.19. The predicted octanol–water partition coefficient (Wildman–Crippen LogP) is 2.34. The summed E-state index contributed by atoms with van der Waals surface area (Å²) in [6.07, 6.45) is 5.33. The largest absolute Gasteiger partial charge is 0.481 e. The van der Waals surface area contributed by atoms with Gasteiger partial charge in [-0.3, -0.25) is 4.52 Å².